The summed E-state index contributed by atoms with van der Waals surface area (Å²) in [7, 11) is 0. The van der Waals surface area contributed by atoms with E-state index in [0.29, 0.717) is 15.7 Å². The maximum atomic E-state index is 13.8. The van der Waals surface area contributed by atoms with Crippen LogP contribution in [0.4, 0.5) is 5.69 Å². The summed E-state index contributed by atoms with van der Waals surface area (Å²) in [5.74, 6) is -3.05. The molecule has 0 unspecified atom stereocenters. The number of alkyl halides is 2. The molecule has 4 aliphatic rings. The number of carbonyl (C=O) groups is 3. The van der Waals surface area contributed by atoms with E-state index >= 15 is 0 Å². The van der Waals surface area contributed by atoms with Crippen molar-refractivity contribution in [1.29, 1.82) is 0 Å². The number of imide groups is 1. The summed E-state index contributed by atoms with van der Waals surface area (Å²) < 4.78 is 0. The second-order valence-corrected chi connectivity index (χ2v) is 11.3. The summed E-state index contributed by atoms with van der Waals surface area (Å²) in [6, 6.07) is 19.6. The number of amides is 3. The molecule has 182 valence electrons. The van der Waals surface area contributed by atoms with Crippen LogP contribution in [0.1, 0.15) is 28.7 Å². The van der Waals surface area contributed by atoms with Gasteiger partial charge in [-0.1, -0.05) is 71.7 Å². The van der Waals surface area contributed by atoms with Gasteiger partial charge in [0.15, 0.2) is 0 Å². The molecule has 1 saturated heterocycles. The highest BCUT2D eigenvalue weighted by atomic mass is 35.5. The van der Waals surface area contributed by atoms with E-state index in [0.717, 1.165) is 27.2 Å². The zero-order valence-corrected chi connectivity index (χ0v) is 21.6. The first-order chi connectivity index (χ1) is 17.2. The molecule has 3 aromatic rings. The number of halogens is 4. The fourth-order valence-corrected chi connectivity index (χ4v) is 7.40. The molecule has 0 radical (unpaired) electrons. The van der Waals surface area contributed by atoms with Crippen molar-refractivity contribution >= 4 is 69.8 Å². The summed E-state index contributed by atoms with van der Waals surface area (Å²) in [5, 5.41) is 3.42. The van der Waals surface area contributed by atoms with Gasteiger partial charge in [0.25, 0.3) is 0 Å². The van der Waals surface area contributed by atoms with Crippen molar-refractivity contribution in [3.8, 4) is 0 Å². The molecule has 0 saturated carbocycles. The van der Waals surface area contributed by atoms with Crippen LogP contribution < -0.4 is 5.32 Å². The van der Waals surface area contributed by atoms with E-state index in [9.17, 15) is 14.4 Å². The average molecular weight is 560 g/mol. The first-order valence-corrected chi connectivity index (χ1v) is 12.9. The summed E-state index contributed by atoms with van der Waals surface area (Å²) in [6.45, 7) is -0.110. The van der Waals surface area contributed by atoms with Gasteiger partial charge in [0, 0.05) is 18.0 Å². The predicted molar refractivity (Wildman–Crippen MR) is 140 cm³/mol. The fourth-order valence-electron chi connectivity index (χ4n) is 5.96. The molecule has 3 amide bonds. The molecule has 36 heavy (non-hydrogen) atoms. The van der Waals surface area contributed by atoms with Gasteiger partial charge in [-0.25, -0.2) is 0 Å². The summed E-state index contributed by atoms with van der Waals surface area (Å²) >= 11 is 26.9. The number of carbonyl (C=O) groups excluding carboxylic acids is 3. The summed E-state index contributed by atoms with van der Waals surface area (Å²) in [5.41, 5.74) is 3.29. The molecule has 1 fully saturated rings. The first kappa shape index (κ1) is 23.8. The molecule has 3 aliphatic carbocycles. The number of anilines is 1. The zero-order valence-electron chi connectivity index (χ0n) is 18.6. The van der Waals surface area contributed by atoms with Crippen LogP contribution in [0.25, 0.3) is 0 Å². The van der Waals surface area contributed by atoms with Crippen molar-refractivity contribution in [3.63, 3.8) is 0 Å². The van der Waals surface area contributed by atoms with Gasteiger partial charge in [-0.3, -0.25) is 19.3 Å². The Kier molecular flexibility index (Phi) is 5.44. The second-order valence-electron chi connectivity index (χ2n) is 9.22. The quantitative estimate of drug-likeness (QED) is 0.319. The van der Waals surface area contributed by atoms with Crippen LogP contribution in [-0.4, -0.2) is 29.2 Å². The highest BCUT2D eigenvalue weighted by Gasteiger charge is 2.72. The van der Waals surface area contributed by atoms with Crippen LogP contribution in [0, 0.1) is 11.8 Å². The first-order valence-electron chi connectivity index (χ1n) is 11.4. The molecular weight excluding hydrogens is 542 g/mol. The number of rotatable bonds is 4. The Morgan fingerprint density at radius 1 is 0.806 bits per heavy atom. The lowest BCUT2D eigenvalue weighted by Crippen LogP contribution is -2.57. The fraction of sp³-hybridized carbons (Fsp3) is 0.222. The largest absolute Gasteiger partial charge is 0.325 e. The Labute approximate surface area is 227 Å². The SMILES string of the molecule is O=C(CCN1C(=O)[C@H]2[C@H](C1=O)C1(Cl)c3ccccc3C2(Cl)c2ccccc21)Nc1cc(Cl)ccc1Cl. The van der Waals surface area contributed by atoms with Crippen LogP contribution in [0.3, 0.4) is 0 Å². The van der Waals surface area contributed by atoms with Gasteiger partial charge >= 0.3 is 0 Å². The molecule has 0 aromatic heterocycles. The highest BCUT2D eigenvalue weighted by Crippen LogP contribution is 2.69. The van der Waals surface area contributed by atoms with Gasteiger partial charge in [-0.2, -0.15) is 0 Å². The van der Waals surface area contributed by atoms with Crippen molar-refractivity contribution in [2.45, 2.75) is 16.2 Å². The third kappa shape index (κ3) is 3.07. The van der Waals surface area contributed by atoms with E-state index in [1.807, 2.05) is 48.5 Å². The summed E-state index contributed by atoms with van der Waals surface area (Å²) in [6.07, 6.45) is -0.121. The molecule has 1 heterocycles. The van der Waals surface area contributed by atoms with Crippen molar-refractivity contribution in [2.75, 3.05) is 11.9 Å². The number of nitrogens with zero attached hydrogens (tertiary/aromatic N) is 1. The van der Waals surface area contributed by atoms with E-state index in [4.69, 9.17) is 46.4 Å². The van der Waals surface area contributed by atoms with E-state index in [-0.39, 0.29) is 13.0 Å². The normalized spacial score (nSPS) is 27.5. The monoisotopic (exact) mass is 558 g/mol. The lowest BCUT2D eigenvalue weighted by molar-refractivity contribution is -0.140. The number of benzene rings is 3. The minimum absolute atomic E-state index is 0.110. The smallest absolute Gasteiger partial charge is 0.235 e. The second kappa shape index (κ2) is 8.22. The van der Waals surface area contributed by atoms with E-state index < -0.39 is 39.3 Å². The van der Waals surface area contributed by atoms with Crippen molar-refractivity contribution < 1.29 is 14.4 Å². The summed E-state index contributed by atoms with van der Waals surface area (Å²) in [4.78, 5) is 38.8. The molecule has 2 bridgehead atoms. The van der Waals surface area contributed by atoms with Gasteiger partial charge in [-0.15, -0.1) is 23.2 Å². The predicted octanol–water partition coefficient (Wildman–Crippen LogP) is 5.92. The van der Waals surface area contributed by atoms with E-state index in [2.05, 4.69) is 5.32 Å². The topological polar surface area (TPSA) is 66.5 Å². The Morgan fingerprint density at radius 3 is 1.75 bits per heavy atom. The molecule has 1 N–H and O–H groups in total. The van der Waals surface area contributed by atoms with Crippen LogP contribution >= 0.6 is 46.4 Å². The Morgan fingerprint density at radius 2 is 1.28 bits per heavy atom. The van der Waals surface area contributed by atoms with Crippen molar-refractivity contribution in [3.05, 3.63) is 99.0 Å². The van der Waals surface area contributed by atoms with Crippen molar-refractivity contribution in [2.24, 2.45) is 11.8 Å². The van der Waals surface area contributed by atoms with Crippen LogP contribution in [-0.2, 0) is 24.1 Å². The average Bonchev–Trinajstić information content (AvgIpc) is 3.14. The van der Waals surface area contributed by atoms with E-state index in [1.165, 1.54) is 6.07 Å². The van der Waals surface area contributed by atoms with Crippen LogP contribution in [0.5, 0.6) is 0 Å². The maximum absolute atomic E-state index is 13.8. The Bertz CT molecular complexity index is 1350. The minimum atomic E-state index is -1.24. The maximum Gasteiger partial charge on any atom is 0.235 e. The number of nitrogens with one attached hydrogen (secondary N) is 1. The van der Waals surface area contributed by atoms with Gasteiger partial charge in [0.05, 0.1) is 22.5 Å². The van der Waals surface area contributed by atoms with Gasteiger partial charge in [-0.05, 0) is 40.5 Å². The Balaban J connectivity index is 1.34. The third-order valence-electron chi connectivity index (χ3n) is 7.44. The molecular formula is C27H18Cl4N2O3. The molecule has 3 aromatic carbocycles. The molecule has 0 spiro atoms. The van der Waals surface area contributed by atoms with Crippen LogP contribution in [0.2, 0.25) is 10.0 Å². The molecule has 2 atom stereocenters. The molecule has 7 rings (SSSR count). The van der Waals surface area contributed by atoms with E-state index in [1.54, 1.807) is 12.1 Å². The van der Waals surface area contributed by atoms with Gasteiger partial charge < -0.3 is 5.32 Å². The third-order valence-corrected chi connectivity index (χ3v) is 9.29. The number of hydrogen-bond acceptors (Lipinski definition) is 3. The van der Waals surface area contributed by atoms with Gasteiger partial charge in [0.1, 0.15) is 9.75 Å². The molecule has 9 heteroatoms. The number of likely N-dealkylation sites (tertiary alicyclic amines) is 1. The van der Waals surface area contributed by atoms with Crippen LogP contribution in [0.15, 0.2) is 66.7 Å². The van der Waals surface area contributed by atoms with Crippen molar-refractivity contribution in [1.82, 2.24) is 4.90 Å². The number of hydrogen-bond donors (Lipinski definition) is 1. The Hall–Kier alpha value is -2.57. The minimum Gasteiger partial charge on any atom is -0.325 e. The standard InChI is InChI=1S/C27H18Cl4N2O3/c28-14-9-10-19(29)20(13-14)32-21(34)11-12-33-24(35)22-23(25(33)36)27(31)16-6-2-1-5-15(16)26(22,30)17-7-3-4-8-18(17)27/h1-10,13,22-23H,11-12H2,(H,32,34)/t22-,23-,26?,27?/m1/s1. The molecule has 1 aliphatic heterocycles. The lowest BCUT2D eigenvalue weighted by Gasteiger charge is -2.54. The van der Waals surface area contributed by atoms with Gasteiger partial charge in [0.2, 0.25) is 17.7 Å². The molecule has 5 nitrogen and oxygen atoms in total. The lowest BCUT2D eigenvalue weighted by atomic mass is 9.54. The highest BCUT2D eigenvalue weighted by molar-refractivity contribution is 6.36. The zero-order chi connectivity index (χ0) is 25.4.